The molecule has 0 aliphatic carbocycles. The van der Waals surface area contributed by atoms with Gasteiger partial charge in [0.05, 0.1) is 4.92 Å². The van der Waals surface area contributed by atoms with E-state index in [0.717, 1.165) is 0 Å². The highest BCUT2D eigenvalue weighted by Crippen LogP contribution is 2.20. The van der Waals surface area contributed by atoms with Crippen LogP contribution in [0, 0.1) is 10.1 Å². The number of anilines is 1. The Morgan fingerprint density at radius 2 is 2.30 bits per heavy atom. The minimum Gasteiger partial charge on any atom is -0.399 e. The van der Waals surface area contributed by atoms with Crippen molar-refractivity contribution in [2.45, 2.75) is 6.42 Å². The van der Waals surface area contributed by atoms with Gasteiger partial charge in [-0.2, -0.15) is 5.10 Å². The monoisotopic (exact) mass is 276 g/mol. The van der Waals surface area contributed by atoms with Gasteiger partial charge in [0.25, 0.3) is 11.6 Å². The van der Waals surface area contributed by atoms with Crippen LogP contribution in [0.3, 0.4) is 0 Å². The van der Waals surface area contributed by atoms with Crippen LogP contribution in [0.1, 0.15) is 16.2 Å². The van der Waals surface area contributed by atoms with Crippen LogP contribution < -0.4 is 11.1 Å². The molecule has 0 fully saturated rings. The highest BCUT2D eigenvalue weighted by Gasteiger charge is 2.19. The van der Waals surface area contributed by atoms with E-state index in [2.05, 4.69) is 20.5 Å². The average Bonchev–Trinajstić information content (AvgIpc) is 2.91. The van der Waals surface area contributed by atoms with Crippen molar-refractivity contribution in [3.8, 4) is 0 Å². The summed E-state index contributed by atoms with van der Waals surface area (Å²) in [5.74, 6) is 0.0656. The molecule has 0 aliphatic rings. The topological polar surface area (TPSA) is 140 Å². The quantitative estimate of drug-likeness (QED) is 0.406. The number of nitrogens with two attached hydrogens (primary N) is 1. The van der Waals surface area contributed by atoms with E-state index in [9.17, 15) is 14.9 Å². The molecule has 0 atom stereocenters. The molecular weight excluding hydrogens is 264 g/mol. The van der Waals surface area contributed by atoms with Crippen LogP contribution in [0.4, 0.5) is 11.4 Å². The lowest BCUT2D eigenvalue weighted by Gasteiger charge is -2.05. The van der Waals surface area contributed by atoms with E-state index in [1.54, 1.807) is 0 Å². The first-order chi connectivity index (χ1) is 9.58. The Hall–Kier alpha value is -2.97. The van der Waals surface area contributed by atoms with E-state index in [4.69, 9.17) is 5.73 Å². The van der Waals surface area contributed by atoms with Crippen molar-refractivity contribution in [2.75, 3.05) is 12.3 Å². The lowest BCUT2D eigenvalue weighted by atomic mass is 10.1. The fourth-order valence-electron chi connectivity index (χ4n) is 1.64. The van der Waals surface area contributed by atoms with Gasteiger partial charge in [0.15, 0.2) is 0 Å². The number of nitrogen functional groups attached to an aromatic ring is 1. The van der Waals surface area contributed by atoms with E-state index in [0.29, 0.717) is 12.2 Å². The van der Waals surface area contributed by atoms with Gasteiger partial charge in [-0.25, -0.2) is 4.98 Å². The maximum absolute atomic E-state index is 11.9. The molecule has 0 bridgehead atoms. The fraction of sp³-hybridized carbons (Fsp3) is 0.182. The van der Waals surface area contributed by atoms with Gasteiger partial charge in [0.2, 0.25) is 0 Å². The number of aromatic nitrogens is 3. The minimum absolute atomic E-state index is 0.0624. The van der Waals surface area contributed by atoms with Crippen molar-refractivity contribution in [1.29, 1.82) is 0 Å². The van der Waals surface area contributed by atoms with Gasteiger partial charge in [0, 0.05) is 24.7 Å². The molecule has 2 rings (SSSR count). The van der Waals surface area contributed by atoms with Gasteiger partial charge in [-0.1, -0.05) is 0 Å². The van der Waals surface area contributed by atoms with Crippen molar-refractivity contribution in [3.05, 3.63) is 46.0 Å². The third-order valence-electron chi connectivity index (χ3n) is 2.57. The number of benzene rings is 1. The van der Waals surface area contributed by atoms with Gasteiger partial charge in [-0.15, -0.1) is 0 Å². The van der Waals surface area contributed by atoms with Gasteiger partial charge in [0.1, 0.15) is 17.7 Å². The molecular formula is C11H12N6O3. The Morgan fingerprint density at radius 1 is 1.50 bits per heavy atom. The van der Waals surface area contributed by atoms with Gasteiger partial charge in [-0.3, -0.25) is 20.0 Å². The number of nitrogens with one attached hydrogen (secondary N) is 2. The summed E-state index contributed by atoms with van der Waals surface area (Å²) in [6.07, 6.45) is 1.81. The van der Waals surface area contributed by atoms with Crippen molar-refractivity contribution in [1.82, 2.24) is 20.5 Å². The summed E-state index contributed by atoms with van der Waals surface area (Å²) < 4.78 is 0. The van der Waals surface area contributed by atoms with Crippen LogP contribution >= 0.6 is 0 Å². The van der Waals surface area contributed by atoms with E-state index in [1.165, 1.54) is 24.5 Å². The Morgan fingerprint density at radius 3 is 2.95 bits per heavy atom. The first kappa shape index (κ1) is 13.5. The van der Waals surface area contributed by atoms with Crippen molar-refractivity contribution in [2.24, 2.45) is 0 Å². The number of nitrogens with zero attached hydrogens (tertiary/aromatic N) is 3. The third kappa shape index (κ3) is 3.07. The molecule has 0 saturated heterocycles. The summed E-state index contributed by atoms with van der Waals surface area (Å²) in [7, 11) is 0. The molecule has 0 spiro atoms. The number of amides is 1. The van der Waals surface area contributed by atoms with Crippen LogP contribution in [0.15, 0.2) is 24.5 Å². The predicted molar refractivity (Wildman–Crippen MR) is 69.9 cm³/mol. The fourth-order valence-corrected chi connectivity index (χ4v) is 1.64. The Balaban J connectivity index is 2.05. The van der Waals surface area contributed by atoms with Crippen LogP contribution in [-0.4, -0.2) is 32.6 Å². The lowest BCUT2D eigenvalue weighted by Crippen LogP contribution is -2.26. The second-order valence-corrected chi connectivity index (χ2v) is 3.97. The third-order valence-corrected chi connectivity index (χ3v) is 2.57. The molecule has 0 saturated carbocycles. The maximum Gasteiger partial charge on any atom is 0.282 e. The molecule has 4 N–H and O–H groups in total. The minimum atomic E-state index is -0.620. The Kier molecular flexibility index (Phi) is 3.89. The zero-order chi connectivity index (χ0) is 14.5. The molecule has 1 aromatic carbocycles. The van der Waals surface area contributed by atoms with Gasteiger partial charge in [-0.05, 0) is 12.1 Å². The number of carbonyl (C=O) groups is 1. The Labute approximate surface area is 113 Å². The number of carbonyl (C=O) groups excluding carboxylic acids is 1. The molecule has 20 heavy (non-hydrogen) atoms. The summed E-state index contributed by atoms with van der Waals surface area (Å²) in [4.78, 5) is 26.1. The van der Waals surface area contributed by atoms with E-state index in [1.807, 2.05) is 0 Å². The standard InChI is InChI=1S/C11H12N6O3/c12-7-1-2-9(17(19)20)8(5-7)11(18)13-4-3-10-14-6-15-16-10/h1-2,5-6H,3-4,12H2,(H,13,18)(H,14,15,16). The van der Waals surface area contributed by atoms with E-state index >= 15 is 0 Å². The zero-order valence-corrected chi connectivity index (χ0v) is 10.4. The maximum atomic E-state index is 11.9. The first-order valence-corrected chi connectivity index (χ1v) is 5.74. The average molecular weight is 276 g/mol. The number of nitro groups is 1. The van der Waals surface area contributed by atoms with Gasteiger partial charge < -0.3 is 11.1 Å². The summed E-state index contributed by atoms with van der Waals surface area (Å²) in [5, 5.41) is 19.8. The van der Waals surface area contributed by atoms with Crippen molar-refractivity contribution in [3.63, 3.8) is 0 Å². The summed E-state index contributed by atoms with van der Waals surface area (Å²) in [6.45, 7) is 0.278. The van der Waals surface area contributed by atoms with Crippen LogP contribution in [-0.2, 0) is 6.42 Å². The molecule has 1 heterocycles. The number of rotatable bonds is 5. The highest BCUT2D eigenvalue weighted by atomic mass is 16.6. The van der Waals surface area contributed by atoms with E-state index < -0.39 is 10.8 Å². The van der Waals surface area contributed by atoms with Crippen LogP contribution in [0.5, 0.6) is 0 Å². The number of H-pyrrole nitrogens is 1. The Bertz CT molecular complexity index is 625. The number of hydrogen-bond donors (Lipinski definition) is 3. The molecule has 1 aromatic heterocycles. The molecule has 9 nitrogen and oxygen atoms in total. The molecule has 0 radical (unpaired) electrons. The van der Waals surface area contributed by atoms with Crippen LogP contribution in [0.25, 0.3) is 0 Å². The molecule has 0 aliphatic heterocycles. The SMILES string of the molecule is Nc1ccc([N+](=O)[O-])c(C(=O)NCCc2ncn[nH]2)c1. The highest BCUT2D eigenvalue weighted by molar-refractivity contribution is 5.99. The second kappa shape index (κ2) is 5.78. The summed E-state index contributed by atoms with van der Waals surface area (Å²) >= 11 is 0. The largest absolute Gasteiger partial charge is 0.399 e. The second-order valence-electron chi connectivity index (χ2n) is 3.97. The normalized spacial score (nSPS) is 10.2. The van der Waals surface area contributed by atoms with Crippen molar-refractivity contribution < 1.29 is 9.72 Å². The number of nitro benzene ring substituents is 1. The van der Waals surface area contributed by atoms with Gasteiger partial charge >= 0.3 is 0 Å². The van der Waals surface area contributed by atoms with Crippen molar-refractivity contribution >= 4 is 17.3 Å². The molecule has 9 heteroatoms. The summed E-state index contributed by atoms with van der Waals surface area (Å²) in [5.41, 5.74) is 5.49. The smallest absolute Gasteiger partial charge is 0.282 e. The number of aromatic amines is 1. The predicted octanol–water partition coefficient (Wildman–Crippen LogP) is 0.268. The molecule has 104 valence electrons. The number of hydrogen-bond acceptors (Lipinski definition) is 6. The molecule has 1 amide bonds. The molecule has 0 unspecified atom stereocenters. The molecule has 2 aromatic rings. The van der Waals surface area contributed by atoms with Crippen LogP contribution in [0.2, 0.25) is 0 Å². The first-order valence-electron chi connectivity index (χ1n) is 5.74. The van der Waals surface area contributed by atoms with E-state index in [-0.39, 0.29) is 23.5 Å². The lowest BCUT2D eigenvalue weighted by molar-refractivity contribution is -0.385. The summed E-state index contributed by atoms with van der Waals surface area (Å²) in [6, 6.07) is 3.87. The zero-order valence-electron chi connectivity index (χ0n) is 10.4.